The minimum Gasteiger partial charge on any atom is -0.460 e. The Balaban J connectivity index is 3.72. The van der Waals surface area contributed by atoms with Crippen molar-refractivity contribution < 1.29 is 34.0 Å². The lowest BCUT2D eigenvalue weighted by Gasteiger charge is -2.19. The molecule has 0 spiro atoms. The molecular weight excluding hydrogens is 404 g/mol. The molecule has 0 fully saturated rings. The minimum atomic E-state index is -0.777. The molecule has 0 saturated heterocycles. The largest absolute Gasteiger partial charge is 0.460 e. The molecule has 180 valence electrons. The Morgan fingerprint density at radius 2 is 1.42 bits per heavy atom. The number of aliphatic hydroxyl groups excluding tert-OH is 2. The molecule has 0 aliphatic heterocycles. The Hall–Kier alpha value is -1.78. The third-order valence-electron chi connectivity index (χ3n) is 4.12. The van der Waals surface area contributed by atoms with Gasteiger partial charge in [-0.05, 0) is 46.2 Å². The molecule has 0 rings (SSSR count). The second-order valence-electron chi connectivity index (χ2n) is 8.01. The Bertz CT molecular complexity index is 520. The topological polar surface area (TPSA) is 126 Å². The van der Waals surface area contributed by atoms with E-state index in [4.69, 9.17) is 14.2 Å². The van der Waals surface area contributed by atoms with Gasteiger partial charge in [0.25, 0.3) is 0 Å². The third kappa shape index (κ3) is 16.6. The third-order valence-corrected chi connectivity index (χ3v) is 4.12. The lowest BCUT2D eigenvalue weighted by Crippen LogP contribution is -2.36. The molecule has 9 heteroatoms. The summed E-state index contributed by atoms with van der Waals surface area (Å²) in [6, 6.07) is 0.107. The van der Waals surface area contributed by atoms with Crippen molar-refractivity contribution in [3.8, 4) is 0 Å². The van der Waals surface area contributed by atoms with Crippen molar-refractivity contribution in [3.63, 3.8) is 0 Å². The van der Waals surface area contributed by atoms with E-state index in [-0.39, 0.29) is 25.2 Å². The van der Waals surface area contributed by atoms with Gasteiger partial charge in [-0.25, -0.2) is 9.59 Å². The van der Waals surface area contributed by atoms with Crippen molar-refractivity contribution in [1.82, 2.24) is 10.6 Å². The fourth-order valence-electron chi connectivity index (χ4n) is 2.29. The molecule has 0 aromatic heterocycles. The average Bonchev–Trinajstić information content (AvgIpc) is 2.69. The van der Waals surface area contributed by atoms with Crippen LogP contribution in [0.15, 0.2) is 24.3 Å². The van der Waals surface area contributed by atoms with Crippen LogP contribution in [0.25, 0.3) is 0 Å². The lowest BCUT2D eigenvalue weighted by atomic mass is 10.2. The first kappa shape index (κ1) is 29.2. The number of nitrogens with one attached hydrogen (secondary N) is 2. The van der Waals surface area contributed by atoms with E-state index in [0.717, 1.165) is 0 Å². The van der Waals surface area contributed by atoms with Gasteiger partial charge < -0.3 is 35.1 Å². The SMILES string of the molecule is C=C(C)C(=O)OCC(O)CCNC(C)COCC(C)CNCC(O)COC(=O)C(=C)C. The second-order valence-corrected chi connectivity index (χ2v) is 8.01. The van der Waals surface area contributed by atoms with Crippen LogP contribution in [0.5, 0.6) is 0 Å². The fourth-order valence-corrected chi connectivity index (χ4v) is 2.29. The zero-order valence-corrected chi connectivity index (χ0v) is 19.3. The van der Waals surface area contributed by atoms with E-state index >= 15 is 0 Å². The van der Waals surface area contributed by atoms with Crippen LogP contribution < -0.4 is 10.6 Å². The maximum atomic E-state index is 11.3. The van der Waals surface area contributed by atoms with Gasteiger partial charge in [0.2, 0.25) is 0 Å². The fraction of sp³-hybridized carbons (Fsp3) is 0.727. The predicted octanol–water partition coefficient (Wildman–Crippen LogP) is 0.557. The summed E-state index contributed by atoms with van der Waals surface area (Å²) in [5, 5.41) is 26.0. The van der Waals surface area contributed by atoms with Gasteiger partial charge in [0.05, 0.1) is 19.3 Å². The van der Waals surface area contributed by atoms with Gasteiger partial charge in [-0.15, -0.1) is 0 Å². The number of aliphatic hydroxyl groups is 2. The summed E-state index contributed by atoms with van der Waals surface area (Å²) in [4.78, 5) is 22.5. The first-order valence-corrected chi connectivity index (χ1v) is 10.6. The van der Waals surface area contributed by atoms with Crippen molar-refractivity contribution in [3.05, 3.63) is 24.3 Å². The minimum absolute atomic E-state index is 0.0478. The highest BCUT2D eigenvalue weighted by molar-refractivity contribution is 5.87. The highest BCUT2D eigenvalue weighted by Gasteiger charge is 2.12. The molecule has 4 unspecified atom stereocenters. The summed E-state index contributed by atoms with van der Waals surface area (Å²) < 4.78 is 15.5. The first-order valence-electron chi connectivity index (χ1n) is 10.6. The summed E-state index contributed by atoms with van der Waals surface area (Å²) >= 11 is 0. The van der Waals surface area contributed by atoms with E-state index in [1.807, 2.05) is 13.8 Å². The molecule has 31 heavy (non-hydrogen) atoms. The van der Waals surface area contributed by atoms with Crippen LogP contribution in [-0.2, 0) is 23.8 Å². The van der Waals surface area contributed by atoms with Gasteiger partial charge >= 0.3 is 11.9 Å². The molecule has 4 N–H and O–H groups in total. The van der Waals surface area contributed by atoms with Crippen LogP contribution in [0.1, 0.15) is 34.1 Å². The molecule has 0 aliphatic rings. The van der Waals surface area contributed by atoms with E-state index < -0.39 is 24.1 Å². The molecular formula is C22H40N2O7. The van der Waals surface area contributed by atoms with Crippen LogP contribution in [0, 0.1) is 5.92 Å². The molecule has 0 radical (unpaired) electrons. The van der Waals surface area contributed by atoms with E-state index in [9.17, 15) is 19.8 Å². The Morgan fingerprint density at radius 3 is 1.97 bits per heavy atom. The van der Waals surface area contributed by atoms with E-state index in [1.54, 1.807) is 13.8 Å². The monoisotopic (exact) mass is 444 g/mol. The molecule has 0 amide bonds. The summed E-state index contributed by atoms with van der Waals surface area (Å²) in [5.41, 5.74) is 0.607. The Morgan fingerprint density at radius 1 is 0.871 bits per heavy atom. The van der Waals surface area contributed by atoms with Crippen molar-refractivity contribution in [2.75, 3.05) is 46.1 Å². The Kier molecular flexibility index (Phi) is 15.9. The maximum absolute atomic E-state index is 11.3. The van der Waals surface area contributed by atoms with E-state index in [1.165, 1.54) is 0 Å². The molecule has 9 nitrogen and oxygen atoms in total. The van der Waals surface area contributed by atoms with Gasteiger partial charge in [0, 0.05) is 23.7 Å². The van der Waals surface area contributed by atoms with Crippen molar-refractivity contribution in [2.45, 2.75) is 52.4 Å². The van der Waals surface area contributed by atoms with Crippen LogP contribution in [0.2, 0.25) is 0 Å². The Labute approximate surface area is 185 Å². The molecule has 4 atom stereocenters. The van der Waals surface area contributed by atoms with Crippen molar-refractivity contribution >= 4 is 11.9 Å². The van der Waals surface area contributed by atoms with E-state index in [0.29, 0.717) is 50.4 Å². The second kappa shape index (κ2) is 16.9. The molecule has 0 aliphatic carbocycles. The van der Waals surface area contributed by atoms with Crippen LogP contribution in [-0.4, -0.2) is 86.5 Å². The smallest absolute Gasteiger partial charge is 0.333 e. The summed E-state index contributed by atoms with van der Waals surface area (Å²) in [7, 11) is 0. The molecule has 0 bridgehead atoms. The van der Waals surface area contributed by atoms with E-state index in [2.05, 4.69) is 23.8 Å². The number of ether oxygens (including phenoxy) is 3. The predicted molar refractivity (Wildman–Crippen MR) is 118 cm³/mol. The lowest BCUT2D eigenvalue weighted by molar-refractivity contribution is -0.142. The normalized spacial score (nSPS) is 14.9. The number of hydrogen-bond donors (Lipinski definition) is 4. The van der Waals surface area contributed by atoms with Crippen LogP contribution >= 0.6 is 0 Å². The average molecular weight is 445 g/mol. The number of carbonyl (C=O) groups excluding carboxylic acids is 2. The summed E-state index contributed by atoms with van der Waals surface area (Å²) in [6.07, 6.45) is -1.05. The van der Waals surface area contributed by atoms with Gasteiger partial charge in [0.15, 0.2) is 0 Å². The standard InChI is InChI=1S/C22H40N2O7/c1-15(2)21(27)30-13-19(25)7-8-24-18(6)12-29-11-17(5)9-23-10-20(26)14-31-22(28)16(3)4/h17-20,23-26H,1,3,7-14H2,2,4-6H3. The molecule has 0 aromatic carbocycles. The molecule has 0 saturated carbocycles. The molecule has 0 heterocycles. The zero-order chi connectivity index (χ0) is 23.8. The quantitative estimate of drug-likeness (QED) is 0.177. The number of carbonyl (C=O) groups is 2. The summed E-state index contributed by atoms with van der Waals surface area (Å²) in [5.74, 6) is -0.774. The highest BCUT2D eigenvalue weighted by atomic mass is 16.5. The number of rotatable bonds is 18. The van der Waals surface area contributed by atoms with Crippen molar-refractivity contribution in [2.24, 2.45) is 5.92 Å². The van der Waals surface area contributed by atoms with Gasteiger partial charge in [-0.1, -0.05) is 20.1 Å². The summed E-state index contributed by atoms with van der Waals surface area (Å²) in [6.45, 7) is 16.6. The van der Waals surface area contributed by atoms with Gasteiger partial charge in [-0.3, -0.25) is 0 Å². The maximum Gasteiger partial charge on any atom is 0.333 e. The van der Waals surface area contributed by atoms with Crippen LogP contribution in [0.3, 0.4) is 0 Å². The van der Waals surface area contributed by atoms with Crippen molar-refractivity contribution in [1.29, 1.82) is 0 Å². The highest BCUT2D eigenvalue weighted by Crippen LogP contribution is 1.99. The van der Waals surface area contributed by atoms with Gasteiger partial charge in [-0.2, -0.15) is 0 Å². The molecule has 0 aromatic rings. The number of esters is 2. The zero-order valence-electron chi connectivity index (χ0n) is 19.3. The van der Waals surface area contributed by atoms with Gasteiger partial charge in [0.1, 0.15) is 19.3 Å². The number of hydrogen-bond acceptors (Lipinski definition) is 9. The first-order chi connectivity index (χ1) is 14.5. The van der Waals surface area contributed by atoms with Crippen LogP contribution in [0.4, 0.5) is 0 Å².